The van der Waals surface area contributed by atoms with E-state index in [4.69, 9.17) is 0 Å². The first-order chi connectivity index (χ1) is 11.7. The average molecular weight is 342 g/mol. The van der Waals surface area contributed by atoms with E-state index in [0.29, 0.717) is 0 Å². The van der Waals surface area contributed by atoms with Crippen molar-refractivity contribution in [3.05, 3.63) is 65.7 Å². The van der Waals surface area contributed by atoms with Crippen LogP contribution in [0.1, 0.15) is 50.3 Å². The Kier molecular flexibility index (Phi) is 5.65. The van der Waals surface area contributed by atoms with Gasteiger partial charge in [-0.15, -0.1) is 11.8 Å². The minimum absolute atomic E-state index is 0.0559. The lowest BCUT2D eigenvalue weighted by Gasteiger charge is -2.37. The third kappa shape index (κ3) is 3.69. The fourth-order valence-corrected chi connectivity index (χ4v) is 4.83. The van der Waals surface area contributed by atoms with Crippen molar-refractivity contribution in [2.45, 2.75) is 55.7 Å². The molecule has 0 bridgehead atoms. The predicted molar refractivity (Wildman–Crippen MR) is 103 cm³/mol. The van der Waals surface area contributed by atoms with Gasteiger partial charge in [0.1, 0.15) is 0 Å². The molecule has 128 valence electrons. The van der Waals surface area contributed by atoms with Crippen molar-refractivity contribution >= 4 is 11.8 Å². The van der Waals surface area contributed by atoms with Gasteiger partial charge in [-0.25, -0.2) is 0 Å². The zero-order chi connectivity index (χ0) is 17.0. The van der Waals surface area contributed by atoms with Crippen molar-refractivity contribution < 1.29 is 5.11 Å². The van der Waals surface area contributed by atoms with E-state index in [-0.39, 0.29) is 17.7 Å². The molecule has 24 heavy (non-hydrogen) atoms. The van der Waals surface area contributed by atoms with Crippen molar-refractivity contribution in [1.82, 2.24) is 5.32 Å². The van der Waals surface area contributed by atoms with Crippen molar-refractivity contribution in [2.75, 3.05) is 5.75 Å². The Labute approximate surface area is 149 Å². The summed E-state index contributed by atoms with van der Waals surface area (Å²) >= 11 is 1.92. The molecule has 0 spiro atoms. The zero-order valence-corrected chi connectivity index (χ0v) is 15.4. The molecule has 0 saturated carbocycles. The van der Waals surface area contributed by atoms with Gasteiger partial charge in [0.15, 0.2) is 0 Å². The van der Waals surface area contributed by atoms with Crippen molar-refractivity contribution in [3.63, 3.8) is 0 Å². The summed E-state index contributed by atoms with van der Waals surface area (Å²) in [6.45, 7) is 4.29. The fraction of sp³-hybridized carbons (Fsp3) is 0.429. The molecular weight excluding hydrogens is 314 g/mol. The van der Waals surface area contributed by atoms with Gasteiger partial charge in [-0.1, -0.05) is 62.4 Å². The maximum atomic E-state index is 10.3. The Morgan fingerprint density at radius 1 is 1.12 bits per heavy atom. The van der Waals surface area contributed by atoms with Gasteiger partial charge in [-0.3, -0.25) is 5.32 Å². The van der Waals surface area contributed by atoms with Crippen molar-refractivity contribution in [3.8, 4) is 0 Å². The smallest absolute Gasteiger partial charge is 0.0592 e. The van der Waals surface area contributed by atoms with Crippen molar-refractivity contribution in [2.24, 2.45) is 0 Å². The van der Waals surface area contributed by atoms with Crippen LogP contribution in [0, 0.1) is 0 Å². The van der Waals surface area contributed by atoms with E-state index in [9.17, 15) is 5.11 Å². The highest BCUT2D eigenvalue weighted by molar-refractivity contribution is 7.99. The molecule has 1 aliphatic heterocycles. The number of hydrogen-bond donors (Lipinski definition) is 2. The lowest BCUT2D eigenvalue weighted by Crippen LogP contribution is -2.50. The lowest BCUT2D eigenvalue weighted by molar-refractivity contribution is 0.116. The second kappa shape index (κ2) is 7.73. The monoisotopic (exact) mass is 341 g/mol. The fourth-order valence-electron chi connectivity index (χ4n) is 3.46. The topological polar surface area (TPSA) is 32.3 Å². The first kappa shape index (κ1) is 17.5. The standard InChI is InChI=1S/C21H27NOS/c1-3-17(23)14-21(4-2)15-24-19-13-9-8-12-18(19)20(22-21)16-10-6-5-7-11-16/h5-13,17,20,22-23H,3-4,14-15H2,1-2H3/t17?,20-,21-/m0/s1. The van der Waals surface area contributed by atoms with Gasteiger partial charge in [0, 0.05) is 16.2 Å². The predicted octanol–water partition coefficient (Wildman–Crippen LogP) is 4.78. The minimum Gasteiger partial charge on any atom is -0.393 e. The van der Waals surface area contributed by atoms with Gasteiger partial charge >= 0.3 is 0 Å². The first-order valence-corrected chi connectivity index (χ1v) is 9.88. The van der Waals surface area contributed by atoms with Crippen molar-refractivity contribution in [1.29, 1.82) is 0 Å². The van der Waals surface area contributed by atoms with Crippen LogP contribution in [0.15, 0.2) is 59.5 Å². The molecule has 2 nitrogen and oxygen atoms in total. The molecule has 0 aromatic heterocycles. The third-order valence-electron chi connectivity index (χ3n) is 5.09. The molecule has 1 unspecified atom stereocenters. The Morgan fingerprint density at radius 3 is 2.54 bits per heavy atom. The lowest BCUT2D eigenvalue weighted by atomic mass is 9.87. The van der Waals surface area contributed by atoms with Gasteiger partial charge < -0.3 is 5.11 Å². The number of rotatable bonds is 5. The van der Waals surface area contributed by atoms with Crippen LogP contribution >= 0.6 is 11.8 Å². The Balaban J connectivity index is 2.02. The number of aliphatic hydroxyl groups excluding tert-OH is 1. The van der Waals surface area contributed by atoms with Gasteiger partial charge in [0.25, 0.3) is 0 Å². The average Bonchev–Trinajstić information content (AvgIpc) is 2.80. The van der Waals surface area contributed by atoms with E-state index in [1.54, 1.807) is 0 Å². The van der Waals surface area contributed by atoms with E-state index < -0.39 is 0 Å². The van der Waals surface area contributed by atoms with Crippen LogP contribution in [0.25, 0.3) is 0 Å². The van der Waals surface area contributed by atoms with E-state index in [1.165, 1.54) is 16.0 Å². The summed E-state index contributed by atoms with van der Waals surface area (Å²) in [6, 6.07) is 19.5. The molecule has 3 rings (SSSR count). The van der Waals surface area contributed by atoms with E-state index in [0.717, 1.165) is 25.0 Å². The quantitative estimate of drug-likeness (QED) is 0.821. The number of nitrogens with one attached hydrogen (secondary N) is 1. The third-order valence-corrected chi connectivity index (χ3v) is 6.47. The molecule has 0 amide bonds. The van der Waals surface area contributed by atoms with E-state index in [2.05, 4.69) is 73.8 Å². The molecule has 0 saturated heterocycles. The number of thioether (sulfide) groups is 1. The summed E-state index contributed by atoms with van der Waals surface area (Å²) in [6.07, 6.45) is 2.35. The maximum Gasteiger partial charge on any atom is 0.0592 e. The number of benzene rings is 2. The normalized spacial score (nSPS) is 24.9. The summed E-state index contributed by atoms with van der Waals surface area (Å²) in [7, 11) is 0. The largest absolute Gasteiger partial charge is 0.393 e. The zero-order valence-electron chi connectivity index (χ0n) is 14.5. The Bertz CT molecular complexity index is 660. The molecule has 1 heterocycles. The van der Waals surface area contributed by atoms with Crippen LogP contribution in [-0.4, -0.2) is 22.5 Å². The maximum absolute atomic E-state index is 10.3. The molecule has 2 aromatic rings. The van der Waals surface area contributed by atoms with E-state index in [1.807, 2.05) is 11.8 Å². The summed E-state index contributed by atoms with van der Waals surface area (Å²) in [5.41, 5.74) is 2.57. The molecule has 3 heteroatoms. The minimum atomic E-state index is -0.254. The number of fused-ring (bicyclic) bond motifs is 1. The Hall–Kier alpha value is -1.29. The van der Waals surface area contributed by atoms with Crippen LogP contribution < -0.4 is 5.32 Å². The molecule has 0 fully saturated rings. The summed E-state index contributed by atoms with van der Waals surface area (Å²) in [5, 5.41) is 14.3. The molecule has 3 atom stereocenters. The summed E-state index contributed by atoms with van der Waals surface area (Å²) in [4.78, 5) is 1.35. The second-order valence-corrected chi connectivity index (χ2v) is 7.73. The molecule has 2 N–H and O–H groups in total. The Morgan fingerprint density at radius 2 is 1.83 bits per heavy atom. The highest BCUT2D eigenvalue weighted by atomic mass is 32.2. The molecular formula is C21H27NOS. The van der Waals surface area contributed by atoms with Gasteiger partial charge in [-0.2, -0.15) is 0 Å². The van der Waals surface area contributed by atoms with Gasteiger partial charge in [0.2, 0.25) is 0 Å². The summed E-state index contributed by atoms with van der Waals surface area (Å²) < 4.78 is 0. The van der Waals surface area contributed by atoms with Crippen LogP contribution in [0.3, 0.4) is 0 Å². The van der Waals surface area contributed by atoms with Crippen LogP contribution in [0.5, 0.6) is 0 Å². The highest BCUT2D eigenvalue weighted by Crippen LogP contribution is 2.40. The highest BCUT2D eigenvalue weighted by Gasteiger charge is 2.36. The molecule has 2 aromatic carbocycles. The molecule has 0 aliphatic carbocycles. The van der Waals surface area contributed by atoms with Crippen LogP contribution in [0.4, 0.5) is 0 Å². The molecule has 1 aliphatic rings. The summed E-state index contributed by atoms with van der Waals surface area (Å²) in [5.74, 6) is 0.987. The first-order valence-electron chi connectivity index (χ1n) is 8.90. The van der Waals surface area contributed by atoms with Gasteiger partial charge in [0.05, 0.1) is 12.1 Å². The SMILES string of the molecule is CCC(O)C[C@@]1(CC)CSc2ccccc2[C@H](c2ccccc2)N1. The van der Waals surface area contributed by atoms with E-state index >= 15 is 0 Å². The second-order valence-electron chi connectivity index (χ2n) is 6.71. The number of aliphatic hydroxyl groups is 1. The van der Waals surface area contributed by atoms with Gasteiger partial charge in [-0.05, 0) is 36.5 Å². The van der Waals surface area contributed by atoms with Crippen LogP contribution in [-0.2, 0) is 0 Å². The number of hydrogen-bond acceptors (Lipinski definition) is 3. The molecule has 0 radical (unpaired) electrons. The van der Waals surface area contributed by atoms with Crippen LogP contribution in [0.2, 0.25) is 0 Å².